The quantitative estimate of drug-likeness (QED) is 0.624. The Morgan fingerprint density at radius 3 is 2.52 bits per heavy atom. The summed E-state index contributed by atoms with van der Waals surface area (Å²) < 4.78 is 0. The van der Waals surface area contributed by atoms with Gasteiger partial charge in [-0.2, -0.15) is 0 Å². The van der Waals surface area contributed by atoms with Gasteiger partial charge in [-0.1, -0.05) is 42.5 Å². The molecule has 5 nitrogen and oxygen atoms in total. The number of para-hydroxylation sites is 1. The number of rotatable bonds is 4. The maximum atomic E-state index is 12.4. The highest BCUT2D eigenvalue weighted by atomic mass is 16.4. The summed E-state index contributed by atoms with van der Waals surface area (Å²) in [5, 5.41) is 21.9. The van der Waals surface area contributed by atoms with Crippen molar-refractivity contribution in [2.24, 2.45) is 0 Å². The first-order valence-corrected chi connectivity index (χ1v) is 7.22. The number of benzene rings is 2. The number of hydrogen-bond acceptors (Lipinski definition) is 4. The predicted molar refractivity (Wildman–Crippen MR) is 89.2 cm³/mol. The van der Waals surface area contributed by atoms with Crippen molar-refractivity contribution in [3.8, 4) is 0 Å². The van der Waals surface area contributed by atoms with Crippen LogP contribution in [0.1, 0.15) is 15.9 Å². The Kier molecular flexibility index (Phi) is 4.37. The van der Waals surface area contributed by atoms with E-state index in [4.69, 9.17) is 10.0 Å². The highest BCUT2D eigenvalue weighted by Gasteiger charge is 2.12. The third kappa shape index (κ3) is 3.39. The minimum absolute atomic E-state index is 0.194. The molecule has 0 saturated carbocycles. The van der Waals surface area contributed by atoms with Gasteiger partial charge in [0, 0.05) is 18.1 Å². The van der Waals surface area contributed by atoms with Gasteiger partial charge in [-0.25, -0.2) is 0 Å². The van der Waals surface area contributed by atoms with Gasteiger partial charge in [0.15, 0.2) is 0 Å². The standard InChI is InChI=1S/C17H15BN2O3/c21-17(15-5-1-3-13-4-2-10-19-16(13)15)20-11-12-6-8-14(9-7-12)18(22)23/h1-10,22-23H,11H2,(H,20,21). The third-order valence-electron chi connectivity index (χ3n) is 3.61. The van der Waals surface area contributed by atoms with Crippen LogP contribution in [0.2, 0.25) is 0 Å². The molecule has 6 heteroatoms. The average Bonchev–Trinajstić information content (AvgIpc) is 2.59. The Morgan fingerprint density at radius 1 is 1.04 bits per heavy atom. The zero-order valence-corrected chi connectivity index (χ0v) is 12.3. The lowest BCUT2D eigenvalue weighted by Gasteiger charge is -2.08. The minimum atomic E-state index is -1.49. The van der Waals surface area contributed by atoms with E-state index in [2.05, 4.69) is 10.3 Å². The Balaban J connectivity index is 1.74. The summed E-state index contributed by atoms with van der Waals surface area (Å²) in [6, 6.07) is 16.0. The van der Waals surface area contributed by atoms with Crippen LogP contribution in [0.5, 0.6) is 0 Å². The fraction of sp³-hybridized carbons (Fsp3) is 0.0588. The molecular weight excluding hydrogens is 291 g/mol. The normalized spacial score (nSPS) is 10.5. The van der Waals surface area contributed by atoms with Crippen LogP contribution in [0.15, 0.2) is 60.8 Å². The minimum Gasteiger partial charge on any atom is -0.423 e. The summed E-state index contributed by atoms with van der Waals surface area (Å²) in [5.74, 6) is -0.194. The van der Waals surface area contributed by atoms with Crippen LogP contribution in [0, 0.1) is 0 Å². The molecule has 23 heavy (non-hydrogen) atoms. The number of nitrogens with zero attached hydrogens (tertiary/aromatic N) is 1. The number of nitrogens with one attached hydrogen (secondary N) is 1. The summed E-state index contributed by atoms with van der Waals surface area (Å²) in [4.78, 5) is 16.6. The van der Waals surface area contributed by atoms with Crippen LogP contribution >= 0.6 is 0 Å². The lowest BCUT2D eigenvalue weighted by atomic mass is 9.80. The van der Waals surface area contributed by atoms with E-state index in [1.807, 2.05) is 24.3 Å². The predicted octanol–water partition coefficient (Wildman–Crippen LogP) is 0.845. The van der Waals surface area contributed by atoms with Crippen LogP contribution in [-0.4, -0.2) is 28.1 Å². The molecule has 0 atom stereocenters. The molecular formula is C17H15BN2O3. The topological polar surface area (TPSA) is 82.5 Å². The SMILES string of the molecule is O=C(NCc1ccc(B(O)O)cc1)c1cccc2cccnc12. The Hall–Kier alpha value is -2.70. The van der Waals surface area contributed by atoms with Crippen molar-refractivity contribution in [2.45, 2.75) is 6.54 Å². The monoisotopic (exact) mass is 306 g/mol. The van der Waals surface area contributed by atoms with Gasteiger partial charge in [-0.15, -0.1) is 0 Å². The van der Waals surface area contributed by atoms with E-state index >= 15 is 0 Å². The summed E-state index contributed by atoms with van der Waals surface area (Å²) in [5.41, 5.74) is 2.49. The molecule has 3 N–H and O–H groups in total. The molecule has 0 bridgehead atoms. The molecule has 0 aliphatic rings. The molecule has 0 unspecified atom stereocenters. The van der Waals surface area contributed by atoms with Crippen molar-refractivity contribution >= 4 is 29.4 Å². The van der Waals surface area contributed by atoms with Crippen molar-refractivity contribution in [3.05, 3.63) is 71.9 Å². The number of aromatic nitrogens is 1. The maximum Gasteiger partial charge on any atom is 0.488 e. The zero-order valence-electron chi connectivity index (χ0n) is 12.3. The third-order valence-corrected chi connectivity index (χ3v) is 3.61. The molecule has 3 aromatic rings. The Labute approximate surface area is 133 Å². The average molecular weight is 306 g/mol. The van der Waals surface area contributed by atoms with E-state index in [0.29, 0.717) is 23.1 Å². The second kappa shape index (κ2) is 6.60. The Bertz CT molecular complexity index is 829. The molecule has 2 aromatic carbocycles. The van der Waals surface area contributed by atoms with Crippen molar-refractivity contribution in [1.29, 1.82) is 0 Å². The Morgan fingerprint density at radius 2 is 1.78 bits per heavy atom. The van der Waals surface area contributed by atoms with Crippen LogP contribution < -0.4 is 10.8 Å². The van der Waals surface area contributed by atoms with Crippen LogP contribution in [-0.2, 0) is 6.54 Å². The number of fused-ring (bicyclic) bond motifs is 1. The molecule has 1 aromatic heterocycles. The number of carbonyl (C=O) groups is 1. The summed E-state index contributed by atoms with van der Waals surface area (Å²) in [6.45, 7) is 0.351. The maximum absolute atomic E-state index is 12.4. The van der Waals surface area contributed by atoms with Gasteiger partial charge in [-0.05, 0) is 23.2 Å². The number of pyridine rings is 1. The highest BCUT2D eigenvalue weighted by Crippen LogP contribution is 2.15. The van der Waals surface area contributed by atoms with E-state index in [1.54, 1.807) is 36.5 Å². The van der Waals surface area contributed by atoms with Crippen molar-refractivity contribution < 1.29 is 14.8 Å². The first-order chi connectivity index (χ1) is 11.1. The first-order valence-electron chi connectivity index (χ1n) is 7.22. The van der Waals surface area contributed by atoms with Crippen molar-refractivity contribution in [2.75, 3.05) is 0 Å². The molecule has 0 aliphatic heterocycles. The number of amides is 1. The fourth-order valence-electron chi connectivity index (χ4n) is 2.37. The smallest absolute Gasteiger partial charge is 0.423 e. The lowest BCUT2D eigenvalue weighted by Crippen LogP contribution is -2.30. The fourth-order valence-corrected chi connectivity index (χ4v) is 2.37. The summed E-state index contributed by atoms with van der Waals surface area (Å²) in [7, 11) is -1.49. The molecule has 0 spiro atoms. The van der Waals surface area contributed by atoms with Gasteiger partial charge in [0.25, 0.3) is 5.91 Å². The van der Waals surface area contributed by atoms with E-state index < -0.39 is 7.12 Å². The first kappa shape index (κ1) is 15.2. The van der Waals surface area contributed by atoms with Gasteiger partial charge in [0.1, 0.15) is 0 Å². The van der Waals surface area contributed by atoms with Crippen molar-refractivity contribution in [1.82, 2.24) is 10.3 Å². The number of carbonyl (C=O) groups excluding carboxylic acids is 1. The van der Waals surface area contributed by atoms with E-state index in [-0.39, 0.29) is 5.91 Å². The van der Waals surface area contributed by atoms with Gasteiger partial charge in [-0.3, -0.25) is 9.78 Å². The molecule has 0 radical (unpaired) electrons. The molecule has 1 heterocycles. The molecule has 1 amide bonds. The van der Waals surface area contributed by atoms with Crippen LogP contribution in [0.4, 0.5) is 0 Å². The lowest BCUT2D eigenvalue weighted by molar-refractivity contribution is 0.0952. The van der Waals surface area contributed by atoms with Crippen molar-refractivity contribution in [3.63, 3.8) is 0 Å². The molecule has 3 rings (SSSR count). The molecule has 0 saturated heterocycles. The van der Waals surface area contributed by atoms with Gasteiger partial charge in [0.05, 0.1) is 11.1 Å². The van der Waals surface area contributed by atoms with Gasteiger partial charge in [0.2, 0.25) is 0 Å². The van der Waals surface area contributed by atoms with E-state index in [0.717, 1.165) is 10.9 Å². The number of hydrogen-bond donors (Lipinski definition) is 3. The second-order valence-electron chi connectivity index (χ2n) is 5.18. The van der Waals surface area contributed by atoms with Crippen LogP contribution in [0.3, 0.4) is 0 Å². The second-order valence-corrected chi connectivity index (χ2v) is 5.18. The van der Waals surface area contributed by atoms with Crippen LogP contribution in [0.25, 0.3) is 10.9 Å². The van der Waals surface area contributed by atoms with E-state index in [9.17, 15) is 4.79 Å². The van der Waals surface area contributed by atoms with Gasteiger partial charge < -0.3 is 15.4 Å². The molecule has 0 aliphatic carbocycles. The summed E-state index contributed by atoms with van der Waals surface area (Å²) >= 11 is 0. The summed E-state index contributed by atoms with van der Waals surface area (Å²) in [6.07, 6.45) is 1.66. The largest absolute Gasteiger partial charge is 0.488 e. The van der Waals surface area contributed by atoms with Gasteiger partial charge >= 0.3 is 7.12 Å². The molecule has 0 fully saturated rings. The zero-order chi connectivity index (χ0) is 16.2. The highest BCUT2D eigenvalue weighted by molar-refractivity contribution is 6.58. The van der Waals surface area contributed by atoms with E-state index in [1.165, 1.54) is 0 Å². The molecule has 114 valence electrons.